The molecule has 1 atom stereocenters. The van der Waals surface area contributed by atoms with Crippen LogP contribution in [0, 0.1) is 5.82 Å². The number of nitrogens with one attached hydrogen (secondary N) is 1. The van der Waals surface area contributed by atoms with Gasteiger partial charge in [-0.1, -0.05) is 48.0 Å². The SMILES string of the molecule is CS(=O)(=O)Nc1ccc(OCC(=O)N2CCc3nc4ccccn4c3C2c2ccc(OCCOCc3ccccc3)cc2F)c(Cl)n1. The van der Waals surface area contributed by atoms with Gasteiger partial charge in [0.2, 0.25) is 10.0 Å². The Bertz CT molecular complexity index is 2010. The quantitative estimate of drug-likeness (QED) is 0.144. The van der Waals surface area contributed by atoms with Crippen molar-refractivity contribution in [2.45, 2.75) is 19.1 Å². The zero-order chi connectivity index (χ0) is 33.0. The van der Waals surface area contributed by atoms with Crippen LogP contribution < -0.4 is 14.2 Å². The summed E-state index contributed by atoms with van der Waals surface area (Å²) in [5.74, 6) is -0.535. The number of rotatable bonds is 12. The number of carbonyl (C=O) groups is 1. The summed E-state index contributed by atoms with van der Waals surface area (Å²) in [5.41, 5.74) is 3.45. The number of ether oxygens (including phenoxy) is 3. The van der Waals surface area contributed by atoms with E-state index in [1.165, 1.54) is 18.2 Å². The van der Waals surface area contributed by atoms with E-state index in [-0.39, 0.29) is 35.4 Å². The Morgan fingerprint density at radius 1 is 1.02 bits per heavy atom. The van der Waals surface area contributed by atoms with Gasteiger partial charge in [0.05, 0.1) is 30.9 Å². The highest BCUT2D eigenvalue weighted by molar-refractivity contribution is 7.92. The van der Waals surface area contributed by atoms with E-state index in [1.807, 2.05) is 59.1 Å². The first-order valence-corrected chi connectivity index (χ1v) is 17.0. The fourth-order valence-corrected chi connectivity index (χ4v) is 6.13. The van der Waals surface area contributed by atoms with Crippen LogP contribution in [0.1, 0.15) is 28.6 Å². The van der Waals surface area contributed by atoms with Gasteiger partial charge in [-0.3, -0.25) is 9.52 Å². The Hall–Kier alpha value is -4.72. The average molecular weight is 680 g/mol. The largest absolute Gasteiger partial charge is 0.491 e. The molecule has 1 N–H and O–H groups in total. The molecule has 1 amide bonds. The van der Waals surface area contributed by atoms with Gasteiger partial charge in [0.15, 0.2) is 17.5 Å². The van der Waals surface area contributed by atoms with Gasteiger partial charge < -0.3 is 23.5 Å². The van der Waals surface area contributed by atoms with Crippen LogP contribution in [-0.4, -0.2) is 66.2 Å². The van der Waals surface area contributed by atoms with E-state index < -0.39 is 34.4 Å². The van der Waals surface area contributed by atoms with Crippen LogP contribution in [0.5, 0.6) is 11.5 Å². The lowest BCUT2D eigenvalue weighted by atomic mass is 9.94. The molecule has 5 aromatic rings. The van der Waals surface area contributed by atoms with Crippen molar-refractivity contribution in [3.8, 4) is 11.5 Å². The van der Waals surface area contributed by atoms with Crippen LogP contribution in [0.2, 0.25) is 5.15 Å². The number of nitrogens with zero attached hydrogens (tertiary/aromatic N) is 4. The zero-order valence-corrected chi connectivity index (χ0v) is 26.9. The third-order valence-electron chi connectivity index (χ3n) is 7.45. The first kappa shape index (κ1) is 32.2. The van der Waals surface area contributed by atoms with E-state index in [2.05, 4.69) is 9.71 Å². The van der Waals surface area contributed by atoms with Crippen molar-refractivity contribution in [1.29, 1.82) is 0 Å². The number of hydrogen-bond donors (Lipinski definition) is 1. The van der Waals surface area contributed by atoms with E-state index in [9.17, 15) is 13.2 Å². The maximum atomic E-state index is 15.9. The summed E-state index contributed by atoms with van der Waals surface area (Å²) in [4.78, 5) is 24.0. The highest BCUT2D eigenvalue weighted by Gasteiger charge is 2.37. The molecule has 0 aliphatic carbocycles. The summed E-state index contributed by atoms with van der Waals surface area (Å²) in [5, 5.41) is -0.127. The minimum Gasteiger partial charge on any atom is -0.491 e. The van der Waals surface area contributed by atoms with Crippen LogP contribution in [0.25, 0.3) is 5.65 Å². The second-order valence-electron chi connectivity index (χ2n) is 10.8. The van der Waals surface area contributed by atoms with Crippen LogP contribution in [0.15, 0.2) is 85.1 Å². The molecule has 0 fully saturated rings. The number of pyridine rings is 2. The van der Waals surface area contributed by atoms with E-state index >= 15 is 4.39 Å². The number of halogens is 2. The fourth-order valence-electron chi connectivity index (χ4n) is 5.42. The van der Waals surface area contributed by atoms with Crippen molar-refractivity contribution in [3.63, 3.8) is 0 Å². The van der Waals surface area contributed by atoms with Gasteiger partial charge in [-0.2, -0.15) is 0 Å². The molecule has 1 unspecified atom stereocenters. The predicted molar refractivity (Wildman–Crippen MR) is 174 cm³/mol. The fraction of sp³-hybridized carbons (Fsp3) is 0.242. The van der Waals surface area contributed by atoms with Crippen LogP contribution in [0.4, 0.5) is 10.2 Å². The van der Waals surface area contributed by atoms with Crippen LogP contribution in [-0.2, 0) is 32.6 Å². The van der Waals surface area contributed by atoms with Gasteiger partial charge in [-0.15, -0.1) is 0 Å². The number of imidazole rings is 1. The second-order valence-corrected chi connectivity index (χ2v) is 12.9. The molecule has 244 valence electrons. The molecule has 2 aromatic carbocycles. The zero-order valence-electron chi connectivity index (χ0n) is 25.3. The molecule has 0 saturated heterocycles. The third kappa shape index (κ3) is 7.64. The van der Waals surface area contributed by atoms with Crippen LogP contribution >= 0.6 is 11.6 Å². The average Bonchev–Trinajstić information content (AvgIpc) is 3.42. The Labute approximate surface area is 275 Å². The molecule has 0 bridgehead atoms. The number of fused-ring (bicyclic) bond motifs is 3. The first-order valence-electron chi connectivity index (χ1n) is 14.7. The topological polar surface area (TPSA) is 124 Å². The Morgan fingerprint density at radius 2 is 1.83 bits per heavy atom. The normalized spacial score (nSPS) is 14.5. The number of amides is 1. The summed E-state index contributed by atoms with van der Waals surface area (Å²) in [6.45, 7) is 0.850. The molecule has 0 radical (unpaired) electrons. The van der Waals surface area contributed by atoms with Gasteiger partial charge in [-0.25, -0.2) is 22.8 Å². The number of hydrogen-bond acceptors (Lipinski definition) is 8. The third-order valence-corrected chi connectivity index (χ3v) is 8.30. The lowest BCUT2D eigenvalue weighted by Crippen LogP contribution is -2.43. The Morgan fingerprint density at radius 3 is 2.60 bits per heavy atom. The van der Waals surface area contributed by atoms with Crippen molar-refractivity contribution in [1.82, 2.24) is 19.3 Å². The number of aromatic nitrogens is 3. The summed E-state index contributed by atoms with van der Waals surface area (Å²) >= 11 is 6.21. The minimum atomic E-state index is -3.56. The molecule has 1 aliphatic rings. The maximum Gasteiger partial charge on any atom is 0.261 e. The van der Waals surface area contributed by atoms with Gasteiger partial charge in [0.25, 0.3) is 5.91 Å². The minimum absolute atomic E-state index is 0.00928. The molecular weight excluding hydrogens is 649 g/mol. The van der Waals surface area contributed by atoms with Gasteiger partial charge >= 0.3 is 0 Å². The number of benzene rings is 2. The Kier molecular flexibility index (Phi) is 9.57. The molecule has 0 saturated carbocycles. The molecular formula is C33H31ClFN5O6S. The molecule has 4 heterocycles. The highest BCUT2D eigenvalue weighted by Crippen LogP contribution is 2.38. The van der Waals surface area contributed by atoms with Crippen LogP contribution in [0.3, 0.4) is 0 Å². The standard InChI is InChI=1S/C33H31ClFN5O6S/c1-47(42,43)38-28-13-12-27(33(34)37-28)46-21-30(41)40-16-14-26-32(39-15-6-5-9-29(39)36-26)31(40)24-11-10-23(19-25(24)35)45-18-17-44-20-22-7-3-2-4-8-22/h2-13,15,19,31H,14,16-18,20-21H2,1H3,(H,37,38). The molecule has 3 aromatic heterocycles. The van der Waals surface area contributed by atoms with Crippen molar-refractivity contribution >= 4 is 39.0 Å². The maximum absolute atomic E-state index is 15.9. The molecule has 47 heavy (non-hydrogen) atoms. The second kappa shape index (κ2) is 14.0. The summed E-state index contributed by atoms with van der Waals surface area (Å²) in [7, 11) is -3.56. The van der Waals surface area contributed by atoms with Crippen molar-refractivity contribution < 1.29 is 31.8 Å². The smallest absolute Gasteiger partial charge is 0.261 e. The van der Waals surface area contributed by atoms with E-state index in [1.54, 1.807) is 17.0 Å². The lowest BCUT2D eigenvalue weighted by molar-refractivity contribution is -0.135. The van der Waals surface area contributed by atoms with E-state index in [0.717, 1.165) is 17.5 Å². The molecule has 11 nitrogen and oxygen atoms in total. The van der Waals surface area contributed by atoms with Gasteiger partial charge in [-0.05, 0) is 42.0 Å². The van der Waals surface area contributed by atoms with Gasteiger partial charge in [0, 0.05) is 30.8 Å². The van der Waals surface area contributed by atoms with E-state index in [0.29, 0.717) is 36.7 Å². The molecule has 6 rings (SSSR count). The molecule has 0 spiro atoms. The molecule has 1 aliphatic heterocycles. The van der Waals surface area contributed by atoms with Gasteiger partial charge in [0.1, 0.15) is 35.7 Å². The highest BCUT2D eigenvalue weighted by atomic mass is 35.5. The van der Waals surface area contributed by atoms with Crippen molar-refractivity contribution in [2.75, 3.05) is 37.3 Å². The number of anilines is 1. The lowest BCUT2D eigenvalue weighted by Gasteiger charge is -2.36. The summed E-state index contributed by atoms with van der Waals surface area (Å²) < 4.78 is 60.2. The first-order chi connectivity index (χ1) is 22.7. The molecule has 14 heteroatoms. The Balaban J connectivity index is 1.20. The predicted octanol–water partition coefficient (Wildman–Crippen LogP) is 5.04. The summed E-state index contributed by atoms with van der Waals surface area (Å²) in [6, 6.07) is 21.9. The monoisotopic (exact) mass is 679 g/mol. The van der Waals surface area contributed by atoms with E-state index in [4.69, 9.17) is 30.8 Å². The van der Waals surface area contributed by atoms with Crippen molar-refractivity contribution in [3.05, 3.63) is 119 Å². The number of carbonyl (C=O) groups excluding carboxylic acids is 1. The number of sulfonamides is 1. The summed E-state index contributed by atoms with van der Waals surface area (Å²) in [6.07, 6.45) is 3.28. The van der Waals surface area contributed by atoms with Crippen molar-refractivity contribution in [2.24, 2.45) is 0 Å².